The monoisotopic (exact) mass is 547 g/mol. The molecule has 3 N–H and O–H groups in total. The van der Waals surface area contributed by atoms with Gasteiger partial charge in [0, 0.05) is 31.2 Å². The van der Waals surface area contributed by atoms with Crippen LogP contribution in [0.4, 0.5) is 0 Å². The first kappa shape index (κ1) is 26.8. The Bertz CT molecular complexity index is 1380. The highest BCUT2D eigenvalue weighted by Crippen LogP contribution is 2.39. The highest BCUT2D eigenvalue weighted by atomic mass is 32.2. The van der Waals surface area contributed by atoms with Crippen molar-refractivity contribution in [3.05, 3.63) is 95.1 Å². The molecule has 1 saturated heterocycles. The molecular weight excluding hydrogens is 518 g/mol. The van der Waals surface area contributed by atoms with E-state index in [2.05, 4.69) is 20.8 Å². The number of amides is 1. The van der Waals surface area contributed by atoms with Crippen LogP contribution in [0, 0.1) is 0 Å². The molecule has 4 aromatic rings. The number of ether oxygens (including phenoxy) is 2. The molecule has 3 aromatic carbocycles. The zero-order valence-corrected chi connectivity index (χ0v) is 22.1. The van der Waals surface area contributed by atoms with Crippen LogP contribution >= 0.6 is 11.8 Å². The Morgan fingerprint density at radius 1 is 1.00 bits per heavy atom. The van der Waals surface area contributed by atoms with Gasteiger partial charge >= 0.3 is 0 Å². The number of thioether (sulfide) groups is 1. The number of hydrogen-bond acceptors (Lipinski definition) is 9. The zero-order valence-electron chi connectivity index (χ0n) is 21.3. The lowest BCUT2D eigenvalue weighted by Gasteiger charge is -2.36. The summed E-state index contributed by atoms with van der Waals surface area (Å²) >= 11 is 1.48. The van der Waals surface area contributed by atoms with Crippen molar-refractivity contribution in [1.82, 2.24) is 25.5 Å². The Morgan fingerprint density at radius 3 is 2.38 bits per heavy atom. The normalized spacial score (nSPS) is 19.1. The molecule has 1 aliphatic heterocycles. The second-order valence-electron chi connectivity index (χ2n) is 9.20. The van der Waals surface area contributed by atoms with E-state index in [4.69, 9.17) is 9.47 Å². The third-order valence-corrected chi connectivity index (χ3v) is 7.39. The van der Waals surface area contributed by atoms with Crippen LogP contribution in [-0.2, 0) is 27.4 Å². The number of benzene rings is 3. The van der Waals surface area contributed by atoms with Crippen LogP contribution in [0.15, 0.2) is 78.0 Å². The largest absolute Gasteiger partial charge is 0.508 e. The van der Waals surface area contributed by atoms with E-state index in [9.17, 15) is 15.0 Å². The second-order valence-corrected chi connectivity index (χ2v) is 10.2. The van der Waals surface area contributed by atoms with Gasteiger partial charge in [-0.1, -0.05) is 60.3 Å². The molecule has 0 radical (unpaired) electrons. The molecule has 2 heterocycles. The highest BCUT2D eigenvalue weighted by Gasteiger charge is 2.32. The Labute approximate surface area is 230 Å². The standard InChI is InChI=1S/C28H29N5O5S/c1-18(35)29-15-19-2-8-22(9-3-19)27-37-25(14-26(38-27)21-6-4-20(16-34)5-7-21)17-39-28-30-31-32-33(28)23-10-12-24(36)13-11-23/h2-13,25-27,34,36H,14-17H2,1H3,(H,29,35)/t25-,26+,27+/m1/s1. The van der Waals surface area contributed by atoms with Gasteiger partial charge in [-0.2, -0.15) is 4.68 Å². The molecule has 0 saturated carbocycles. The van der Waals surface area contributed by atoms with Crippen LogP contribution in [0.1, 0.15) is 48.0 Å². The minimum absolute atomic E-state index is 0.0165. The molecular formula is C28H29N5O5S. The maximum atomic E-state index is 11.2. The molecule has 1 amide bonds. The van der Waals surface area contributed by atoms with E-state index in [-0.39, 0.29) is 30.5 Å². The van der Waals surface area contributed by atoms with E-state index in [1.54, 1.807) is 28.9 Å². The average Bonchev–Trinajstić information content (AvgIpc) is 3.44. The van der Waals surface area contributed by atoms with Gasteiger partial charge in [-0.25, -0.2) is 0 Å². The van der Waals surface area contributed by atoms with Crippen molar-refractivity contribution in [1.29, 1.82) is 0 Å². The van der Waals surface area contributed by atoms with Crippen molar-refractivity contribution in [2.45, 2.75) is 50.2 Å². The molecule has 0 unspecified atom stereocenters. The molecule has 5 rings (SSSR count). The van der Waals surface area contributed by atoms with Crippen molar-refractivity contribution in [2.75, 3.05) is 5.75 Å². The first-order valence-corrected chi connectivity index (χ1v) is 13.5. The Kier molecular flexibility index (Phi) is 8.52. The van der Waals surface area contributed by atoms with E-state index in [1.807, 2.05) is 48.5 Å². The molecule has 1 aliphatic rings. The molecule has 1 fully saturated rings. The molecule has 39 heavy (non-hydrogen) atoms. The summed E-state index contributed by atoms with van der Waals surface area (Å²) in [7, 11) is 0. The number of aliphatic hydroxyl groups is 1. The maximum Gasteiger partial charge on any atom is 0.217 e. The number of nitrogens with one attached hydrogen (secondary N) is 1. The fraction of sp³-hybridized carbons (Fsp3) is 0.286. The van der Waals surface area contributed by atoms with E-state index in [1.165, 1.54) is 18.7 Å². The molecule has 0 aliphatic carbocycles. The summed E-state index contributed by atoms with van der Waals surface area (Å²) in [6.07, 6.45) is -0.340. The average molecular weight is 548 g/mol. The van der Waals surface area contributed by atoms with Gasteiger partial charge in [-0.05, 0) is 51.4 Å². The number of aromatic nitrogens is 4. The Balaban J connectivity index is 1.33. The minimum Gasteiger partial charge on any atom is -0.508 e. The number of aromatic hydroxyl groups is 1. The fourth-order valence-corrected chi connectivity index (χ4v) is 5.14. The van der Waals surface area contributed by atoms with Crippen LogP contribution in [0.25, 0.3) is 5.69 Å². The summed E-state index contributed by atoms with van der Waals surface area (Å²) in [4.78, 5) is 11.2. The number of rotatable bonds is 9. The summed E-state index contributed by atoms with van der Waals surface area (Å²) in [6.45, 7) is 1.93. The van der Waals surface area contributed by atoms with Crippen LogP contribution in [0.3, 0.4) is 0 Å². The number of hydrogen-bond donors (Lipinski definition) is 3. The fourth-order valence-electron chi connectivity index (χ4n) is 4.23. The van der Waals surface area contributed by atoms with E-state index < -0.39 is 6.29 Å². The van der Waals surface area contributed by atoms with Crippen LogP contribution in [-0.4, -0.2) is 48.2 Å². The minimum atomic E-state index is -0.588. The third-order valence-electron chi connectivity index (χ3n) is 6.34. The Hall–Kier alpha value is -3.77. The van der Waals surface area contributed by atoms with Gasteiger partial charge in [0.2, 0.25) is 11.1 Å². The van der Waals surface area contributed by atoms with E-state index in [0.717, 1.165) is 27.9 Å². The molecule has 10 nitrogen and oxygen atoms in total. The van der Waals surface area contributed by atoms with Gasteiger partial charge in [-0.3, -0.25) is 4.79 Å². The first-order valence-electron chi connectivity index (χ1n) is 12.5. The van der Waals surface area contributed by atoms with Crippen LogP contribution in [0.2, 0.25) is 0 Å². The van der Waals surface area contributed by atoms with Gasteiger partial charge in [0.25, 0.3) is 0 Å². The number of carbonyl (C=O) groups excluding carboxylic acids is 1. The quantitative estimate of drug-likeness (QED) is 0.268. The number of carbonyl (C=O) groups is 1. The SMILES string of the molecule is CC(=O)NCc1ccc([C@H]2O[C@@H](CSc3nnnn3-c3ccc(O)cc3)C[C@@H](c3ccc(CO)cc3)O2)cc1. The first-order chi connectivity index (χ1) is 19.0. The predicted octanol–water partition coefficient (Wildman–Crippen LogP) is 3.83. The highest BCUT2D eigenvalue weighted by molar-refractivity contribution is 7.99. The topological polar surface area (TPSA) is 132 Å². The van der Waals surface area contributed by atoms with Gasteiger partial charge in [0.15, 0.2) is 6.29 Å². The summed E-state index contributed by atoms with van der Waals surface area (Å²) in [5.74, 6) is 0.679. The number of nitrogens with zero attached hydrogens (tertiary/aromatic N) is 4. The summed E-state index contributed by atoms with van der Waals surface area (Å²) in [5, 5.41) is 34.5. The molecule has 0 spiro atoms. The summed E-state index contributed by atoms with van der Waals surface area (Å²) in [6, 6.07) is 22.2. The number of aliphatic hydroxyl groups excluding tert-OH is 1. The summed E-state index contributed by atoms with van der Waals surface area (Å²) in [5.41, 5.74) is 4.44. The van der Waals surface area contributed by atoms with Crippen molar-refractivity contribution in [3.8, 4) is 11.4 Å². The lowest BCUT2D eigenvalue weighted by molar-refractivity contribution is -0.245. The number of phenols is 1. The molecule has 1 aromatic heterocycles. The van der Waals surface area contributed by atoms with Crippen molar-refractivity contribution < 1.29 is 24.5 Å². The number of phenolic OH excluding ortho intramolecular Hbond substituents is 1. The lowest BCUT2D eigenvalue weighted by Crippen LogP contribution is -2.31. The van der Waals surface area contributed by atoms with Crippen LogP contribution < -0.4 is 5.32 Å². The zero-order chi connectivity index (χ0) is 27.2. The molecule has 202 valence electrons. The van der Waals surface area contributed by atoms with Crippen molar-refractivity contribution >= 4 is 17.7 Å². The van der Waals surface area contributed by atoms with Crippen molar-refractivity contribution in [3.63, 3.8) is 0 Å². The Morgan fingerprint density at radius 2 is 1.69 bits per heavy atom. The molecule has 11 heteroatoms. The van der Waals surface area contributed by atoms with Gasteiger partial charge in [0.05, 0.1) is 24.5 Å². The lowest BCUT2D eigenvalue weighted by atomic mass is 10.0. The van der Waals surface area contributed by atoms with Gasteiger partial charge in [-0.15, -0.1) is 5.10 Å². The van der Waals surface area contributed by atoms with Crippen LogP contribution in [0.5, 0.6) is 5.75 Å². The smallest absolute Gasteiger partial charge is 0.217 e. The van der Waals surface area contributed by atoms with Crippen molar-refractivity contribution in [2.24, 2.45) is 0 Å². The summed E-state index contributed by atoms with van der Waals surface area (Å²) < 4.78 is 14.4. The maximum absolute atomic E-state index is 11.2. The van der Waals surface area contributed by atoms with E-state index >= 15 is 0 Å². The molecule has 0 bridgehead atoms. The van der Waals surface area contributed by atoms with E-state index in [0.29, 0.717) is 23.9 Å². The van der Waals surface area contributed by atoms with Gasteiger partial charge < -0.3 is 25.0 Å². The second kappa shape index (κ2) is 12.4. The third kappa shape index (κ3) is 6.82. The van der Waals surface area contributed by atoms with Gasteiger partial charge in [0.1, 0.15) is 5.75 Å². The predicted molar refractivity (Wildman–Crippen MR) is 144 cm³/mol. The number of tetrazole rings is 1. The molecule has 3 atom stereocenters.